The molecule has 1 aromatic carbocycles. The molecular weight excluding hydrogens is 217 g/mol. The number of hydrogen-bond donors (Lipinski definition) is 1. The molecule has 0 saturated heterocycles. The second-order valence-electron chi connectivity index (χ2n) is 4.11. The number of aromatic nitrogens is 2. The summed E-state index contributed by atoms with van der Waals surface area (Å²) >= 11 is 0. The van der Waals surface area contributed by atoms with Crippen LogP contribution in [0.3, 0.4) is 0 Å². The van der Waals surface area contributed by atoms with Crippen LogP contribution in [0.5, 0.6) is 0 Å². The minimum absolute atomic E-state index is 0.0994. The molecule has 2 rings (SSSR count). The molecule has 0 radical (unpaired) electrons. The summed E-state index contributed by atoms with van der Waals surface area (Å²) in [5.74, 6) is 0.765. The van der Waals surface area contributed by atoms with E-state index in [1.54, 1.807) is 18.3 Å². The van der Waals surface area contributed by atoms with Gasteiger partial charge in [0.1, 0.15) is 11.6 Å². The van der Waals surface area contributed by atoms with E-state index in [9.17, 15) is 4.39 Å². The van der Waals surface area contributed by atoms with Crippen molar-refractivity contribution in [3.63, 3.8) is 0 Å². The van der Waals surface area contributed by atoms with E-state index in [-0.39, 0.29) is 11.9 Å². The van der Waals surface area contributed by atoms with Crippen LogP contribution in [0.1, 0.15) is 24.4 Å². The molecule has 0 saturated carbocycles. The highest BCUT2D eigenvalue weighted by Crippen LogP contribution is 2.13. The first-order valence-corrected chi connectivity index (χ1v) is 5.62. The molecule has 2 aromatic rings. The van der Waals surface area contributed by atoms with Crippen molar-refractivity contribution in [2.75, 3.05) is 0 Å². The van der Waals surface area contributed by atoms with Crippen molar-refractivity contribution in [3.8, 4) is 0 Å². The summed E-state index contributed by atoms with van der Waals surface area (Å²) in [7, 11) is 1.96. The summed E-state index contributed by atoms with van der Waals surface area (Å²) in [6.45, 7) is 2.68. The maximum Gasteiger partial charge on any atom is 0.123 e. The summed E-state index contributed by atoms with van der Waals surface area (Å²) in [5.41, 5.74) is 0.944. The fourth-order valence-corrected chi connectivity index (χ4v) is 1.70. The number of imidazole rings is 1. The zero-order chi connectivity index (χ0) is 12.3. The fourth-order valence-electron chi connectivity index (χ4n) is 1.70. The fraction of sp³-hybridized carbons (Fsp3) is 0.308. The van der Waals surface area contributed by atoms with Gasteiger partial charge >= 0.3 is 0 Å². The minimum atomic E-state index is -0.201. The Balaban J connectivity index is 1.98. The van der Waals surface area contributed by atoms with Crippen LogP contribution in [0.15, 0.2) is 36.7 Å². The van der Waals surface area contributed by atoms with Gasteiger partial charge in [-0.25, -0.2) is 9.37 Å². The van der Waals surface area contributed by atoms with Crippen LogP contribution in [-0.2, 0) is 13.6 Å². The van der Waals surface area contributed by atoms with Crippen molar-refractivity contribution >= 4 is 0 Å². The molecule has 0 spiro atoms. The summed E-state index contributed by atoms with van der Waals surface area (Å²) in [5, 5.41) is 3.32. The van der Waals surface area contributed by atoms with Gasteiger partial charge in [-0.05, 0) is 24.6 Å². The maximum atomic E-state index is 13.1. The van der Waals surface area contributed by atoms with Gasteiger partial charge in [0, 0.05) is 25.5 Å². The highest BCUT2D eigenvalue weighted by Gasteiger charge is 2.07. The molecule has 1 unspecified atom stereocenters. The molecule has 0 amide bonds. The van der Waals surface area contributed by atoms with Crippen LogP contribution in [0.4, 0.5) is 4.39 Å². The van der Waals surface area contributed by atoms with Gasteiger partial charge in [-0.3, -0.25) is 0 Å². The number of hydrogen-bond acceptors (Lipinski definition) is 2. The van der Waals surface area contributed by atoms with Crippen LogP contribution < -0.4 is 5.32 Å². The Morgan fingerprint density at radius 1 is 1.47 bits per heavy atom. The SMILES string of the molecule is CC(NCc1nccn1C)c1cccc(F)c1. The first kappa shape index (κ1) is 11.8. The largest absolute Gasteiger partial charge is 0.337 e. The molecule has 0 aliphatic heterocycles. The molecule has 4 heteroatoms. The van der Waals surface area contributed by atoms with E-state index in [1.165, 1.54) is 6.07 Å². The van der Waals surface area contributed by atoms with Crippen LogP contribution in [0, 0.1) is 5.82 Å². The third-order valence-electron chi connectivity index (χ3n) is 2.84. The highest BCUT2D eigenvalue weighted by atomic mass is 19.1. The van der Waals surface area contributed by atoms with Crippen LogP contribution in [0.25, 0.3) is 0 Å². The van der Waals surface area contributed by atoms with E-state index in [2.05, 4.69) is 10.3 Å². The zero-order valence-corrected chi connectivity index (χ0v) is 10.0. The van der Waals surface area contributed by atoms with E-state index in [1.807, 2.05) is 30.8 Å². The topological polar surface area (TPSA) is 29.9 Å². The number of rotatable bonds is 4. The third kappa shape index (κ3) is 2.91. The Morgan fingerprint density at radius 2 is 2.29 bits per heavy atom. The van der Waals surface area contributed by atoms with E-state index in [0.717, 1.165) is 11.4 Å². The predicted octanol–water partition coefficient (Wildman–Crippen LogP) is 2.41. The molecular formula is C13H16FN3. The van der Waals surface area contributed by atoms with E-state index >= 15 is 0 Å². The molecule has 0 fully saturated rings. The van der Waals surface area contributed by atoms with Gasteiger partial charge in [-0.2, -0.15) is 0 Å². The van der Waals surface area contributed by atoms with Gasteiger partial charge in [0.2, 0.25) is 0 Å². The Morgan fingerprint density at radius 3 is 2.94 bits per heavy atom. The summed E-state index contributed by atoms with van der Waals surface area (Å²) in [6, 6.07) is 6.75. The van der Waals surface area contributed by atoms with Crippen molar-refractivity contribution in [1.82, 2.24) is 14.9 Å². The van der Waals surface area contributed by atoms with Gasteiger partial charge in [-0.1, -0.05) is 12.1 Å². The Bertz CT molecular complexity index is 493. The average molecular weight is 233 g/mol. The summed E-state index contributed by atoms with van der Waals surface area (Å²) in [4.78, 5) is 4.23. The molecule has 1 N–H and O–H groups in total. The molecule has 0 aliphatic carbocycles. The molecule has 3 nitrogen and oxygen atoms in total. The highest BCUT2D eigenvalue weighted by molar-refractivity contribution is 5.19. The first-order chi connectivity index (χ1) is 8.16. The lowest BCUT2D eigenvalue weighted by molar-refractivity contribution is 0.543. The minimum Gasteiger partial charge on any atom is -0.337 e. The number of halogens is 1. The predicted molar refractivity (Wildman–Crippen MR) is 64.9 cm³/mol. The Hall–Kier alpha value is -1.68. The smallest absolute Gasteiger partial charge is 0.123 e. The van der Waals surface area contributed by atoms with Crippen molar-refractivity contribution in [3.05, 3.63) is 53.9 Å². The average Bonchev–Trinajstić information content (AvgIpc) is 2.72. The van der Waals surface area contributed by atoms with Crippen molar-refractivity contribution < 1.29 is 4.39 Å². The second kappa shape index (κ2) is 5.10. The van der Waals surface area contributed by atoms with Crippen LogP contribution in [0.2, 0.25) is 0 Å². The lowest BCUT2D eigenvalue weighted by atomic mass is 10.1. The van der Waals surface area contributed by atoms with Crippen LogP contribution in [-0.4, -0.2) is 9.55 Å². The normalized spacial score (nSPS) is 12.6. The van der Waals surface area contributed by atoms with Gasteiger partial charge < -0.3 is 9.88 Å². The van der Waals surface area contributed by atoms with Crippen molar-refractivity contribution in [2.45, 2.75) is 19.5 Å². The Kier molecular flexibility index (Phi) is 3.54. The van der Waals surface area contributed by atoms with Crippen molar-refractivity contribution in [1.29, 1.82) is 0 Å². The van der Waals surface area contributed by atoms with Crippen LogP contribution >= 0.6 is 0 Å². The quantitative estimate of drug-likeness (QED) is 0.878. The standard InChI is InChI=1S/C13H16FN3/c1-10(11-4-3-5-12(14)8-11)16-9-13-15-6-7-17(13)2/h3-8,10,16H,9H2,1-2H3. The number of nitrogens with one attached hydrogen (secondary N) is 1. The molecule has 17 heavy (non-hydrogen) atoms. The van der Waals surface area contributed by atoms with Gasteiger partial charge in [0.15, 0.2) is 0 Å². The van der Waals surface area contributed by atoms with Crippen molar-refractivity contribution in [2.24, 2.45) is 7.05 Å². The number of nitrogens with zero attached hydrogens (tertiary/aromatic N) is 2. The summed E-state index contributed by atoms with van der Waals surface area (Å²) < 4.78 is 15.0. The third-order valence-corrected chi connectivity index (χ3v) is 2.84. The lowest BCUT2D eigenvalue weighted by Gasteiger charge is -2.14. The second-order valence-corrected chi connectivity index (χ2v) is 4.11. The molecule has 1 heterocycles. The Labute approximate surface area is 100 Å². The lowest BCUT2D eigenvalue weighted by Crippen LogP contribution is -2.20. The van der Waals surface area contributed by atoms with E-state index in [0.29, 0.717) is 6.54 Å². The number of benzene rings is 1. The summed E-state index contributed by atoms with van der Waals surface area (Å²) in [6.07, 6.45) is 3.67. The molecule has 90 valence electrons. The van der Waals surface area contributed by atoms with E-state index < -0.39 is 0 Å². The first-order valence-electron chi connectivity index (χ1n) is 5.62. The van der Waals surface area contributed by atoms with E-state index in [4.69, 9.17) is 0 Å². The van der Waals surface area contributed by atoms with Gasteiger partial charge in [-0.15, -0.1) is 0 Å². The maximum absolute atomic E-state index is 13.1. The van der Waals surface area contributed by atoms with Gasteiger partial charge in [0.05, 0.1) is 6.54 Å². The molecule has 1 atom stereocenters. The molecule has 1 aromatic heterocycles. The van der Waals surface area contributed by atoms with Gasteiger partial charge in [0.25, 0.3) is 0 Å². The monoisotopic (exact) mass is 233 g/mol. The molecule has 0 aliphatic rings. The molecule has 0 bridgehead atoms. The number of aryl methyl sites for hydroxylation is 1. The zero-order valence-electron chi connectivity index (χ0n) is 10.0.